The Labute approximate surface area is 218 Å². The zero-order valence-corrected chi connectivity index (χ0v) is 21.4. The number of hydrogen-bond donors (Lipinski definition) is 0. The Morgan fingerprint density at radius 2 is 1.24 bits per heavy atom. The third-order valence-electron chi connectivity index (χ3n) is 7.07. The van der Waals surface area contributed by atoms with E-state index >= 15 is 8.78 Å². The maximum Gasteiger partial charge on any atom is 0.201 e. The highest BCUT2D eigenvalue weighted by molar-refractivity contribution is 5.73. The topological polar surface area (TPSA) is 18.5 Å². The van der Waals surface area contributed by atoms with Gasteiger partial charge in [-0.25, -0.2) is 22.0 Å². The highest BCUT2D eigenvalue weighted by Crippen LogP contribution is 2.37. The van der Waals surface area contributed by atoms with Crippen LogP contribution in [-0.2, 0) is 11.2 Å². The van der Waals surface area contributed by atoms with Gasteiger partial charge in [0.2, 0.25) is 5.82 Å². The Kier molecular flexibility index (Phi) is 9.03. The molecule has 1 fully saturated rings. The molecule has 3 aromatic carbocycles. The van der Waals surface area contributed by atoms with E-state index in [9.17, 15) is 17.6 Å². The molecule has 38 heavy (non-hydrogen) atoms. The van der Waals surface area contributed by atoms with Crippen LogP contribution in [0.2, 0.25) is 0 Å². The first-order valence-corrected chi connectivity index (χ1v) is 12.9. The van der Waals surface area contributed by atoms with Crippen molar-refractivity contribution in [2.75, 3.05) is 13.2 Å². The van der Waals surface area contributed by atoms with Crippen LogP contribution in [0.15, 0.2) is 36.4 Å². The van der Waals surface area contributed by atoms with E-state index in [0.717, 1.165) is 49.9 Å². The van der Waals surface area contributed by atoms with Gasteiger partial charge in [-0.15, -0.1) is 0 Å². The lowest BCUT2D eigenvalue weighted by Crippen LogP contribution is -2.26. The molecule has 0 amide bonds. The third-order valence-corrected chi connectivity index (χ3v) is 7.07. The molecule has 0 N–H and O–H groups in total. The summed E-state index contributed by atoms with van der Waals surface area (Å²) in [6, 6.07) is 6.77. The van der Waals surface area contributed by atoms with Crippen molar-refractivity contribution >= 4 is 0 Å². The van der Waals surface area contributed by atoms with Crippen molar-refractivity contribution in [2.45, 2.75) is 58.5 Å². The Bertz CT molecular complexity index is 1280. The van der Waals surface area contributed by atoms with Crippen LogP contribution >= 0.6 is 0 Å². The molecular weight excluding hydrogens is 506 g/mol. The molecule has 1 aliphatic heterocycles. The second kappa shape index (κ2) is 12.2. The normalized spacial score (nSPS) is 17.6. The van der Waals surface area contributed by atoms with Crippen LogP contribution in [0, 0.1) is 40.8 Å². The van der Waals surface area contributed by atoms with Crippen molar-refractivity contribution in [3.05, 3.63) is 76.9 Å². The summed E-state index contributed by atoms with van der Waals surface area (Å²) < 4.78 is 99.6. The third kappa shape index (κ3) is 5.70. The molecule has 0 aromatic heterocycles. The second-order valence-electron chi connectivity index (χ2n) is 9.59. The van der Waals surface area contributed by atoms with Crippen molar-refractivity contribution in [1.29, 1.82) is 0 Å². The first-order chi connectivity index (χ1) is 18.3. The van der Waals surface area contributed by atoms with Gasteiger partial charge in [-0.1, -0.05) is 37.6 Å². The van der Waals surface area contributed by atoms with E-state index in [1.165, 1.54) is 12.1 Å². The predicted molar refractivity (Wildman–Crippen MR) is 134 cm³/mol. The van der Waals surface area contributed by atoms with Crippen LogP contribution in [0.3, 0.4) is 0 Å². The summed E-state index contributed by atoms with van der Waals surface area (Å²) in [4.78, 5) is 0. The summed E-state index contributed by atoms with van der Waals surface area (Å²) in [7, 11) is 0. The molecule has 2 nitrogen and oxygen atoms in total. The molecule has 0 radical (unpaired) electrons. The number of hydrogen-bond acceptors (Lipinski definition) is 2. The van der Waals surface area contributed by atoms with Gasteiger partial charge in [-0.05, 0) is 62.6 Å². The fourth-order valence-electron chi connectivity index (χ4n) is 4.96. The molecule has 3 aromatic rings. The first kappa shape index (κ1) is 28.0. The van der Waals surface area contributed by atoms with E-state index < -0.39 is 57.2 Å². The average molecular weight is 537 g/mol. The minimum Gasteiger partial charge on any atom is -0.491 e. The van der Waals surface area contributed by atoms with E-state index in [1.54, 1.807) is 6.92 Å². The van der Waals surface area contributed by atoms with Crippen molar-refractivity contribution in [3.63, 3.8) is 0 Å². The van der Waals surface area contributed by atoms with Gasteiger partial charge in [0.25, 0.3) is 0 Å². The number of ether oxygens (including phenoxy) is 2. The van der Waals surface area contributed by atoms with Crippen LogP contribution in [-0.4, -0.2) is 19.3 Å². The summed E-state index contributed by atoms with van der Waals surface area (Å²) >= 11 is 0. The van der Waals surface area contributed by atoms with Crippen molar-refractivity contribution < 1.29 is 35.8 Å². The number of rotatable bonds is 9. The molecule has 0 spiro atoms. The molecular formula is C30H30F6O2. The zero-order chi connectivity index (χ0) is 27.4. The van der Waals surface area contributed by atoms with Crippen LogP contribution in [0.25, 0.3) is 22.3 Å². The molecule has 1 heterocycles. The molecule has 0 aliphatic carbocycles. The molecule has 0 bridgehead atoms. The lowest BCUT2D eigenvalue weighted by molar-refractivity contribution is -0.0218. The SMILES string of the molecule is CCCC1CCC(CCc2ccc(-c3ccc(-c4ccc(OCC)c(F)c4F)c(F)c3F)c(F)c2F)CO1. The smallest absolute Gasteiger partial charge is 0.201 e. The summed E-state index contributed by atoms with van der Waals surface area (Å²) in [6.07, 6.45) is 5.14. The Balaban J connectivity index is 1.54. The summed E-state index contributed by atoms with van der Waals surface area (Å²) in [5, 5.41) is 0. The van der Waals surface area contributed by atoms with Gasteiger partial charge >= 0.3 is 0 Å². The Morgan fingerprint density at radius 1 is 0.684 bits per heavy atom. The number of halogens is 6. The Morgan fingerprint density at radius 3 is 1.79 bits per heavy atom. The summed E-state index contributed by atoms with van der Waals surface area (Å²) in [5.41, 5.74) is -1.92. The number of aryl methyl sites for hydroxylation is 1. The zero-order valence-electron chi connectivity index (χ0n) is 21.4. The van der Waals surface area contributed by atoms with E-state index in [2.05, 4.69) is 6.92 Å². The van der Waals surface area contributed by atoms with Crippen molar-refractivity contribution in [1.82, 2.24) is 0 Å². The fraction of sp³-hybridized carbons (Fsp3) is 0.400. The van der Waals surface area contributed by atoms with Crippen molar-refractivity contribution in [3.8, 4) is 28.0 Å². The Hall–Kier alpha value is -3.00. The van der Waals surface area contributed by atoms with Crippen LogP contribution < -0.4 is 4.74 Å². The highest BCUT2D eigenvalue weighted by Gasteiger charge is 2.25. The molecule has 1 saturated heterocycles. The van der Waals surface area contributed by atoms with E-state index in [0.29, 0.717) is 13.0 Å². The maximum atomic E-state index is 15.0. The molecule has 204 valence electrons. The lowest BCUT2D eigenvalue weighted by Gasteiger charge is -2.29. The van der Waals surface area contributed by atoms with Gasteiger partial charge in [0.15, 0.2) is 34.8 Å². The fourth-order valence-corrected chi connectivity index (χ4v) is 4.96. The maximum absolute atomic E-state index is 15.0. The minimum atomic E-state index is -1.51. The lowest BCUT2D eigenvalue weighted by atomic mass is 9.90. The minimum absolute atomic E-state index is 0.0861. The molecule has 8 heteroatoms. The largest absolute Gasteiger partial charge is 0.491 e. The van der Waals surface area contributed by atoms with E-state index in [4.69, 9.17) is 9.47 Å². The first-order valence-electron chi connectivity index (χ1n) is 12.9. The van der Waals surface area contributed by atoms with Gasteiger partial charge in [-0.3, -0.25) is 0 Å². The predicted octanol–water partition coefficient (Wildman–Crippen LogP) is 8.78. The molecule has 2 unspecified atom stereocenters. The van der Waals surface area contributed by atoms with Gasteiger partial charge < -0.3 is 9.47 Å². The monoisotopic (exact) mass is 536 g/mol. The van der Waals surface area contributed by atoms with Gasteiger partial charge in [0.1, 0.15) is 0 Å². The van der Waals surface area contributed by atoms with E-state index in [-0.39, 0.29) is 36.4 Å². The molecule has 0 saturated carbocycles. The van der Waals surface area contributed by atoms with Crippen LogP contribution in [0.5, 0.6) is 5.75 Å². The molecule has 4 rings (SSSR count). The quantitative estimate of drug-likeness (QED) is 0.255. The number of benzene rings is 3. The highest BCUT2D eigenvalue weighted by atomic mass is 19.2. The average Bonchev–Trinajstić information content (AvgIpc) is 2.91. The summed E-state index contributed by atoms with van der Waals surface area (Å²) in [6.45, 7) is 4.36. The summed E-state index contributed by atoms with van der Waals surface area (Å²) in [5.74, 6) is -8.28. The van der Waals surface area contributed by atoms with Crippen LogP contribution in [0.1, 0.15) is 51.5 Å². The van der Waals surface area contributed by atoms with Crippen LogP contribution in [0.4, 0.5) is 26.3 Å². The second-order valence-corrected chi connectivity index (χ2v) is 9.59. The van der Waals surface area contributed by atoms with Gasteiger partial charge in [-0.2, -0.15) is 4.39 Å². The van der Waals surface area contributed by atoms with Crippen molar-refractivity contribution in [2.24, 2.45) is 5.92 Å². The van der Waals surface area contributed by atoms with E-state index in [1.807, 2.05) is 0 Å². The molecule has 2 atom stereocenters. The standard InChI is InChI=1S/C30H30F6O2/c1-3-5-19-10-7-17(16-38-19)6-8-18-9-11-20(26(32)25(18)31)21-12-13-22(28(34)27(21)33)23-14-15-24(37-4-2)30(36)29(23)35/h9,11-15,17,19H,3-8,10,16H2,1-2H3. The molecule has 1 aliphatic rings. The van der Waals surface area contributed by atoms with Gasteiger partial charge in [0, 0.05) is 28.9 Å². The van der Waals surface area contributed by atoms with Gasteiger partial charge in [0.05, 0.1) is 12.7 Å².